The summed E-state index contributed by atoms with van der Waals surface area (Å²) in [4.78, 5) is 36.4. The number of non-ortho nitro benzene ring substituents is 1. The van der Waals surface area contributed by atoms with Crippen molar-refractivity contribution in [2.24, 2.45) is 0 Å². The van der Waals surface area contributed by atoms with Crippen molar-refractivity contribution in [3.63, 3.8) is 0 Å². The molecule has 0 bridgehead atoms. The van der Waals surface area contributed by atoms with Gasteiger partial charge in [0.15, 0.2) is 0 Å². The maximum atomic E-state index is 12.7. The Kier molecular flexibility index (Phi) is 4.34. The number of hydrogen-bond donors (Lipinski definition) is 1. The van der Waals surface area contributed by atoms with Crippen molar-refractivity contribution >= 4 is 28.9 Å². The number of methoxy groups -OCH3 is 1. The third-order valence-electron chi connectivity index (χ3n) is 3.87. The van der Waals surface area contributed by atoms with Crippen LogP contribution in [-0.4, -0.2) is 29.9 Å². The van der Waals surface area contributed by atoms with Crippen molar-refractivity contribution in [3.05, 3.63) is 58.6 Å². The van der Waals surface area contributed by atoms with Gasteiger partial charge in [0.2, 0.25) is 5.91 Å². The summed E-state index contributed by atoms with van der Waals surface area (Å²) in [6, 6.07) is 11.8. The fraction of sp³-hybridized carbons (Fsp3) is 0.176. The Hall–Kier alpha value is -3.42. The minimum Gasteiger partial charge on any atom is -0.495 e. The number of carbonyl (C=O) groups is 2. The van der Waals surface area contributed by atoms with Gasteiger partial charge >= 0.3 is 0 Å². The lowest BCUT2D eigenvalue weighted by atomic mass is 10.2. The molecule has 1 aliphatic rings. The quantitative estimate of drug-likeness (QED) is 0.509. The summed E-state index contributed by atoms with van der Waals surface area (Å²) >= 11 is 0. The van der Waals surface area contributed by atoms with Crippen LogP contribution in [0.1, 0.15) is 6.42 Å². The summed E-state index contributed by atoms with van der Waals surface area (Å²) in [6.45, 7) is 0. The standard InChI is InChI=1S/C17H15N3O5/c1-25-15-8-3-2-7-14(15)19-16(21)10-13(17(19)22)18-11-5-4-6-12(9-11)20(23)24/h2-9,13,18H,10H2,1H3. The van der Waals surface area contributed by atoms with E-state index in [0.29, 0.717) is 17.1 Å². The van der Waals surface area contributed by atoms with Gasteiger partial charge in [-0.15, -0.1) is 0 Å². The second-order valence-electron chi connectivity index (χ2n) is 5.45. The molecule has 2 aromatic rings. The molecule has 25 heavy (non-hydrogen) atoms. The highest BCUT2D eigenvalue weighted by atomic mass is 16.6. The number of nitrogens with one attached hydrogen (secondary N) is 1. The lowest BCUT2D eigenvalue weighted by Crippen LogP contribution is -2.35. The third kappa shape index (κ3) is 3.14. The summed E-state index contributed by atoms with van der Waals surface area (Å²) in [7, 11) is 1.46. The molecule has 1 unspecified atom stereocenters. The predicted octanol–water partition coefficient (Wildman–Crippen LogP) is 2.35. The molecule has 0 aromatic heterocycles. The zero-order valence-electron chi connectivity index (χ0n) is 13.3. The summed E-state index contributed by atoms with van der Waals surface area (Å²) in [5.41, 5.74) is 0.689. The van der Waals surface area contributed by atoms with Crippen LogP contribution in [0, 0.1) is 10.1 Å². The molecule has 0 spiro atoms. The molecule has 2 amide bonds. The molecule has 1 atom stereocenters. The Morgan fingerprint density at radius 3 is 2.68 bits per heavy atom. The van der Waals surface area contributed by atoms with Crippen molar-refractivity contribution in [2.75, 3.05) is 17.3 Å². The average Bonchev–Trinajstić information content (AvgIpc) is 2.88. The smallest absolute Gasteiger partial charge is 0.271 e. The first-order valence-corrected chi connectivity index (χ1v) is 7.52. The lowest BCUT2D eigenvalue weighted by Gasteiger charge is -2.18. The molecule has 3 rings (SSSR count). The number of amides is 2. The number of benzene rings is 2. The van der Waals surface area contributed by atoms with Crippen molar-refractivity contribution in [1.29, 1.82) is 0 Å². The van der Waals surface area contributed by atoms with E-state index in [-0.39, 0.29) is 18.0 Å². The highest BCUT2D eigenvalue weighted by Crippen LogP contribution is 2.32. The molecule has 1 heterocycles. The van der Waals surface area contributed by atoms with Crippen LogP contribution in [0.3, 0.4) is 0 Å². The first-order chi connectivity index (χ1) is 12.0. The summed E-state index contributed by atoms with van der Waals surface area (Å²) in [5, 5.41) is 13.7. The number of carbonyl (C=O) groups excluding carboxylic acids is 2. The van der Waals surface area contributed by atoms with Gasteiger partial charge in [0.05, 0.1) is 24.1 Å². The van der Waals surface area contributed by atoms with E-state index in [1.54, 1.807) is 30.3 Å². The van der Waals surface area contributed by atoms with Crippen molar-refractivity contribution in [1.82, 2.24) is 0 Å². The Bertz CT molecular complexity index is 852. The van der Waals surface area contributed by atoms with Gasteiger partial charge in [-0.1, -0.05) is 18.2 Å². The van der Waals surface area contributed by atoms with Crippen molar-refractivity contribution in [3.8, 4) is 5.75 Å². The van der Waals surface area contributed by atoms with Crippen LogP contribution in [0.25, 0.3) is 0 Å². The lowest BCUT2D eigenvalue weighted by molar-refractivity contribution is -0.384. The Morgan fingerprint density at radius 1 is 1.20 bits per heavy atom. The van der Waals surface area contributed by atoms with E-state index < -0.39 is 16.9 Å². The van der Waals surface area contributed by atoms with Gasteiger partial charge in [0.1, 0.15) is 11.8 Å². The van der Waals surface area contributed by atoms with Gasteiger partial charge in [0.25, 0.3) is 11.6 Å². The highest BCUT2D eigenvalue weighted by molar-refractivity contribution is 6.23. The fourth-order valence-corrected chi connectivity index (χ4v) is 2.72. The molecular formula is C17H15N3O5. The van der Waals surface area contributed by atoms with E-state index in [4.69, 9.17) is 4.74 Å². The Balaban J connectivity index is 1.84. The average molecular weight is 341 g/mol. The number of rotatable bonds is 5. The number of nitro groups is 1. The number of imide groups is 1. The molecule has 1 fully saturated rings. The molecule has 2 aromatic carbocycles. The molecule has 0 radical (unpaired) electrons. The molecule has 1 saturated heterocycles. The molecule has 1 N–H and O–H groups in total. The molecule has 8 heteroatoms. The van der Waals surface area contributed by atoms with Gasteiger partial charge in [0, 0.05) is 17.8 Å². The maximum absolute atomic E-state index is 12.7. The van der Waals surface area contributed by atoms with E-state index in [0.717, 1.165) is 4.90 Å². The van der Waals surface area contributed by atoms with E-state index in [1.807, 2.05) is 0 Å². The maximum Gasteiger partial charge on any atom is 0.271 e. The van der Waals surface area contributed by atoms with E-state index in [2.05, 4.69) is 5.32 Å². The summed E-state index contributed by atoms with van der Waals surface area (Å²) in [6.07, 6.45) is -0.0421. The topological polar surface area (TPSA) is 102 Å². The highest BCUT2D eigenvalue weighted by Gasteiger charge is 2.40. The normalized spacial score (nSPS) is 16.8. The number of anilines is 2. The third-order valence-corrected chi connectivity index (χ3v) is 3.87. The first kappa shape index (κ1) is 16.4. The van der Waals surface area contributed by atoms with Crippen LogP contribution in [0.5, 0.6) is 5.75 Å². The van der Waals surface area contributed by atoms with Gasteiger partial charge in [-0.3, -0.25) is 19.7 Å². The molecule has 128 valence electrons. The van der Waals surface area contributed by atoms with Gasteiger partial charge < -0.3 is 10.1 Å². The predicted molar refractivity (Wildman–Crippen MR) is 90.6 cm³/mol. The second kappa shape index (κ2) is 6.60. The minimum atomic E-state index is -0.792. The second-order valence-corrected chi connectivity index (χ2v) is 5.45. The first-order valence-electron chi connectivity index (χ1n) is 7.52. The summed E-state index contributed by atoms with van der Waals surface area (Å²) in [5.74, 6) is -0.376. The number of nitro benzene ring substituents is 1. The largest absolute Gasteiger partial charge is 0.495 e. The zero-order chi connectivity index (χ0) is 18.0. The SMILES string of the molecule is COc1ccccc1N1C(=O)CC(Nc2cccc([N+](=O)[O-])c2)C1=O. The number of para-hydroxylation sites is 2. The van der Waals surface area contributed by atoms with E-state index in [1.165, 1.54) is 25.3 Å². The molecular weight excluding hydrogens is 326 g/mol. The van der Waals surface area contributed by atoms with Crippen molar-refractivity contribution < 1.29 is 19.2 Å². The number of nitrogens with zero attached hydrogens (tertiary/aromatic N) is 2. The van der Waals surface area contributed by atoms with E-state index in [9.17, 15) is 19.7 Å². The number of ether oxygens (including phenoxy) is 1. The molecule has 0 saturated carbocycles. The van der Waals surface area contributed by atoms with Crippen LogP contribution in [-0.2, 0) is 9.59 Å². The van der Waals surface area contributed by atoms with Crippen LogP contribution in [0.15, 0.2) is 48.5 Å². The Labute approximate surface area is 143 Å². The van der Waals surface area contributed by atoms with Gasteiger partial charge in [-0.05, 0) is 18.2 Å². The molecule has 1 aliphatic heterocycles. The van der Waals surface area contributed by atoms with Crippen LogP contribution in [0.2, 0.25) is 0 Å². The summed E-state index contributed by atoms with van der Waals surface area (Å²) < 4.78 is 5.21. The minimum absolute atomic E-state index is 0.0421. The van der Waals surface area contributed by atoms with Crippen LogP contribution >= 0.6 is 0 Å². The molecule has 8 nitrogen and oxygen atoms in total. The fourth-order valence-electron chi connectivity index (χ4n) is 2.72. The zero-order valence-corrected chi connectivity index (χ0v) is 13.3. The number of hydrogen-bond acceptors (Lipinski definition) is 6. The van der Waals surface area contributed by atoms with Gasteiger partial charge in [-0.25, -0.2) is 4.90 Å². The monoisotopic (exact) mass is 341 g/mol. The molecule has 0 aliphatic carbocycles. The van der Waals surface area contributed by atoms with E-state index >= 15 is 0 Å². The Morgan fingerprint density at radius 2 is 1.96 bits per heavy atom. The van der Waals surface area contributed by atoms with Crippen LogP contribution in [0.4, 0.5) is 17.1 Å². The van der Waals surface area contributed by atoms with Crippen molar-refractivity contribution in [2.45, 2.75) is 12.5 Å². The van der Waals surface area contributed by atoms with Crippen LogP contribution < -0.4 is 15.0 Å². The van der Waals surface area contributed by atoms with Gasteiger partial charge in [-0.2, -0.15) is 0 Å².